The number of hydrogen-bond donors (Lipinski definition) is 0. The highest BCUT2D eigenvalue weighted by atomic mass is 16.7. The van der Waals surface area contributed by atoms with Gasteiger partial charge in [0, 0.05) is 31.4 Å². The molecule has 0 saturated heterocycles. The van der Waals surface area contributed by atoms with Crippen LogP contribution in [0.5, 0.6) is 5.75 Å². The zero-order valence-corrected chi connectivity index (χ0v) is 15.4. The predicted octanol–water partition coefficient (Wildman–Crippen LogP) is 3.86. The maximum absolute atomic E-state index is 13.0. The first-order valence-corrected chi connectivity index (χ1v) is 8.23. The molecule has 0 bridgehead atoms. The number of benzene rings is 2. The first kappa shape index (κ1) is 20.3. The van der Waals surface area contributed by atoms with E-state index in [2.05, 4.69) is 0 Å². The second-order valence-electron chi connectivity index (χ2n) is 5.68. The molecule has 2 rings (SSSR count). The second-order valence-corrected chi connectivity index (χ2v) is 5.68. The van der Waals surface area contributed by atoms with Gasteiger partial charge < -0.3 is 14.2 Å². The summed E-state index contributed by atoms with van der Waals surface area (Å²) in [5, 5.41) is 11.5. The minimum absolute atomic E-state index is 0.0967. The van der Waals surface area contributed by atoms with Gasteiger partial charge in [-0.3, -0.25) is 14.9 Å². The molecule has 0 aromatic heterocycles. The molecule has 0 aliphatic rings. The summed E-state index contributed by atoms with van der Waals surface area (Å²) in [7, 11) is 3.00. The maximum atomic E-state index is 13.0. The van der Waals surface area contributed by atoms with E-state index in [9.17, 15) is 14.9 Å². The van der Waals surface area contributed by atoms with E-state index in [1.54, 1.807) is 49.6 Å². The number of nitro groups is 1. The highest BCUT2D eigenvalue weighted by molar-refractivity contribution is 6.13. The minimum atomic E-state index is -0.596. The van der Waals surface area contributed by atoms with E-state index in [1.165, 1.54) is 19.2 Å². The Balaban J connectivity index is 2.66. The zero-order valence-electron chi connectivity index (χ0n) is 15.4. The molecule has 0 radical (unpaired) electrons. The average molecular weight is 371 g/mol. The van der Waals surface area contributed by atoms with Crippen molar-refractivity contribution in [3.05, 3.63) is 75.3 Å². The lowest BCUT2D eigenvalue weighted by atomic mass is 9.97. The third-order valence-corrected chi connectivity index (χ3v) is 3.87. The van der Waals surface area contributed by atoms with Crippen LogP contribution in [0.4, 0.5) is 5.69 Å². The van der Waals surface area contributed by atoms with Gasteiger partial charge in [0.05, 0.1) is 11.0 Å². The second kappa shape index (κ2) is 9.61. The predicted molar refractivity (Wildman–Crippen MR) is 101 cm³/mol. The van der Waals surface area contributed by atoms with Crippen molar-refractivity contribution in [1.82, 2.24) is 0 Å². The van der Waals surface area contributed by atoms with Crippen LogP contribution >= 0.6 is 0 Å². The molecule has 0 N–H and O–H groups in total. The van der Waals surface area contributed by atoms with Gasteiger partial charge in [0.1, 0.15) is 11.3 Å². The highest BCUT2D eigenvalue weighted by Crippen LogP contribution is 2.35. The summed E-state index contributed by atoms with van der Waals surface area (Å²) < 4.78 is 15.7. The normalized spacial score (nSPS) is 12.1. The van der Waals surface area contributed by atoms with Gasteiger partial charge in [-0.05, 0) is 13.0 Å². The van der Waals surface area contributed by atoms with Crippen molar-refractivity contribution in [3.63, 3.8) is 0 Å². The number of carbonyl (C=O) groups excluding carboxylic acids is 1. The average Bonchev–Trinajstić information content (AvgIpc) is 2.69. The lowest BCUT2D eigenvalue weighted by Gasteiger charge is -2.14. The van der Waals surface area contributed by atoms with Gasteiger partial charge >= 0.3 is 0 Å². The van der Waals surface area contributed by atoms with Crippen molar-refractivity contribution >= 4 is 17.5 Å². The van der Waals surface area contributed by atoms with Crippen LogP contribution in [0.15, 0.2) is 48.5 Å². The molecule has 2 aromatic rings. The van der Waals surface area contributed by atoms with Crippen molar-refractivity contribution in [1.29, 1.82) is 0 Å². The molecular formula is C20H21NO6. The lowest BCUT2D eigenvalue weighted by Crippen LogP contribution is -2.11. The third-order valence-electron chi connectivity index (χ3n) is 3.87. The Bertz CT molecular complexity index is 832. The van der Waals surface area contributed by atoms with Crippen molar-refractivity contribution in [2.75, 3.05) is 21.0 Å². The van der Waals surface area contributed by atoms with Crippen molar-refractivity contribution < 1.29 is 23.9 Å². The number of methoxy groups -OCH3 is 2. The SMILES string of the molecule is COCOc1c(C=CC(C)OC)ccc([N+](=O)[O-])c1C(=O)c1ccccc1. The monoisotopic (exact) mass is 371 g/mol. The van der Waals surface area contributed by atoms with Crippen LogP contribution < -0.4 is 4.74 Å². The van der Waals surface area contributed by atoms with Gasteiger partial charge in [-0.25, -0.2) is 0 Å². The smallest absolute Gasteiger partial charge is 0.284 e. The van der Waals surface area contributed by atoms with E-state index >= 15 is 0 Å². The van der Waals surface area contributed by atoms with E-state index in [1.807, 2.05) is 6.92 Å². The van der Waals surface area contributed by atoms with Crippen LogP contribution in [0, 0.1) is 10.1 Å². The molecule has 0 saturated carbocycles. The van der Waals surface area contributed by atoms with Gasteiger partial charge in [0.15, 0.2) is 6.79 Å². The number of ether oxygens (including phenoxy) is 3. The van der Waals surface area contributed by atoms with E-state index in [0.717, 1.165) is 0 Å². The Morgan fingerprint density at radius 2 is 1.89 bits per heavy atom. The summed E-state index contributed by atoms with van der Waals surface area (Å²) in [6, 6.07) is 11.2. The molecular weight excluding hydrogens is 350 g/mol. The van der Waals surface area contributed by atoms with Gasteiger partial charge in [0.2, 0.25) is 5.78 Å². The number of hydrogen-bond acceptors (Lipinski definition) is 6. The number of ketones is 1. The van der Waals surface area contributed by atoms with E-state index < -0.39 is 10.7 Å². The van der Waals surface area contributed by atoms with E-state index in [-0.39, 0.29) is 29.9 Å². The number of rotatable bonds is 9. The van der Waals surface area contributed by atoms with E-state index in [4.69, 9.17) is 14.2 Å². The molecule has 0 heterocycles. The van der Waals surface area contributed by atoms with Crippen molar-refractivity contribution in [2.24, 2.45) is 0 Å². The van der Waals surface area contributed by atoms with Crippen LogP contribution in [0.25, 0.3) is 6.08 Å². The van der Waals surface area contributed by atoms with Gasteiger partial charge in [-0.1, -0.05) is 42.5 Å². The van der Waals surface area contributed by atoms with E-state index in [0.29, 0.717) is 11.1 Å². The number of carbonyl (C=O) groups is 1. The van der Waals surface area contributed by atoms with Crippen LogP contribution in [-0.4, -0.2) is 37.8 Å². The molecule has 1 atom stereocenters. The summed E-state index contributed by atoms with van der Waals surface area (Å²) in [4.78, 5) is 24.0. The Hall–Kier alpha value is -3.03. The standard InChI is InChI=1S/C20H21NO6/c1-14(26-3)9-10-16-11-12-17(21(23)24)18(20(16)27-13-25-2)19(22)15-7-5-4-6-8-15/h4-12,14H,13H2,1-3H3. The maximum Gasteiger partial charge on any atom is 0.284 e. The summed E-state index contributed by atoms with van der Waals surface area (Å²) in [5.74, 6) is -0.400. The van der Waals surface area contributed by atoms with Crippen LogP contribution in [0.2, 0.25) is 0 Å². The van der Waals surface area contributed by atoms with Crippen LogP contribution in [0.3, 0.4) is 0 Å². The molecule has 2 aromatic carbocycles. The quantitative estimate of drug-likeness (QED) is 0.288. The topological polar surface area (TPSA) is 87.9 Å². The van der Waals surface area contributed by atoms with Crippen LogP contribution in [0.1, 0.15) is 28.4 Å². The summed E-state index contributed by atoms with van der Waals surface area (Å²) in [6.45, 7) is 1.69. The van der Waals surface area contributed by atoms with Gasteiger partial charge in [0.25, 0.3) is 5.69 Å². The Morgan fingerprint density at radius 3 is 2.48 bits per heavy atom. The lowest BCUT2D eigenvalue weighted by molar-refractivity contribution is -0.385. The Kier molecular flexibility index (Phi) is 7.22. The van der Waals surface area contributed by atoms with Crippen molar-refractivity contribution in [2.45, 2.75) is 13.0 Å². The molecule has 142 valence electrons. The fraction of sp³-hybridized carbons (Fsp3) is 0.250. The summed E-state index contributed by atoms with van der Waals surface area (Å²) in [6.07, 6.45) is 3.28. The Morgan fingerprint density at radius 1 is 1.19 bits per heavy atom. The zero-order chi connectivity index (χ0) is 19.8. The fourth-order valence-electron chi connectivity index (χ4n) is 2.42. The molecule has 7 heteroatoms. The third kappa shape index (κ3) is 4.99. The fourth-order valence-corrected chi connectivity index (χ4v) is 2.42. The molecule has 1 unspecified atom stereocenters. The summed E-state index contributed by atoms with van der Waals surface area (Å²) in [5.41, 5.74) is 0.400. The molecule has 27 heavy (non-hydrogen) atoms. The molecule has 0 amide bonds. The first-order chi connectivity index (χ1) is 13.0. The molecule has 0 aliphatic heterocycles. The van der Waals surface area contributed by atoms with Crippen molar-refractivity contribution in [3.8, 4) is 5.75 Å². The van der Waals surface area contributed by atoms with Crippen LogP contribution in [-0.2, 0) is 9.47 Å². The Labute approximate surface area is 157 Å². The largest absolute Gasteiger partial charge is 0.466 e. The molecule has 7 nitrogen and oxygen atoms in total. The number of nitrogens with zero attached hydrogens (tertiary/aromatic N) is 1. The first-order valence-electron chi connectivity index (χ1n) is 8.23. The molecule has 0 fully saturated rings. The van der Waals surface area contributed by atoms with Gasteiger partial charge in [-0.2, -0.15) is 0 Å². The molecule has 0 spiro atoms. The highest BCUT2D eigenvalue weighted by Gasteiger charge is 2.28. The summed E-state index contributed by atoms with van der Waals surface area (Å²) >= 11 is 0. The molecule has 0 aliphatic carbocycles. The van der Waals surface area contributed by atoms with Gasteiger partial charge in [-0.15, -0.1) is 0 Å². The minimum Gasteiger partial charge on any atom is -0.466 e. The number of nitro benzene ring substituents is 1.